The molecular formula is C10H6BrCl2NO2. The average Bonchev–Trinajstić information content (AvgIpc) is 2.46. The Bertz CT molecular complexity index is 449. The van der Waals surface area contributed by atoms with Crippen LogP contribution >= 0.6 is 39.1 Å². The van der Waals surface area contributed by atoms with E-state index < -0.39 is 0 Å². The van der Waals surface area contributed by atoms with Gasteiger partial charge in [-0.3, -0.25) is 14.5 Å². The zero-order valence-electron chi connectivity index (χ0n) is 7.97. The Balaban J connectivity index is 2.51. The predicted molar refractivity (Wildman–Crippen MR) is 65.6 cm³/mol. The molecular weight excluding hydrogens is 317 g/mol. The van der Waals surface area contributed by atoms with Crippen molar-refractivity contribution >= 4 is 50.9 Å². The summed E-state index contributed by atoms with van der Waals surface area (Å²) in [5.41, 5.74) is 0.640. The Labute approximate surface area is 110 Å². The van der Waals surface area contributed by atoms with Gasteiger partial charge in [0.15, 0.2) is 0 Å². The molecule has 0 radical (unpaired) electrons. The summed E-state index contributed by atoms with van der Waals surface area (Å²) >= 11 is 14.8. The van der Waals surface area contributed by atoms with E-state index in [1.807, 2.05) is 0 Å². The molecule has 0 unspecified atom stereocenters. The molecule has 1 aliphatic heterocycles. The van der Waals surface area contributed by atoms with Crippen LogP contribution in [-0.4, -0.2) is 28.6 Å². The lowest BCUT2D eigenvalue weighted by molar-refractivity contribution is 0.0665. The topological polar surface area (TPSA) is 37.4 Å². The average molecular weight is 323 g/mol. The Morgan fingerprint density at radius 2 is 1.50 bits per heavy atom. The molecule has 3 nitrogen and oxygen atoms in total. The van der Waals surface area contributed by atoms with Gasteiger partial charge in [-0.05, 0) is 12.1 Å². The third kappa shape index (κ3) is 1.75. The molecule has 2 amide bonds. The van der Waals surface area contributed by atoms with Gasteiger partial charge in [0.1, 0.15) is 0 Å². The molecule has 1 aromatic rings. The quantitative estimate of drug-likeness (QED) is 0.620. The van der Waals surface area contributed by atoms with Crippen molar-refractivity contribution in [3.63, 3.8) is 0 Å². The van der Waals surface area contributed by atoms with Gasteiger partial charge >= 0.3 is 0 Å². The van der Waals surface area contributed by atoms with Crippen molar-refractivity contribution < 1.29 is 9.59 Å². The van der Waals surface area contributed by atoms with Gasteiger partial charge in [-0.2, -0.15) is 0 Å². The molecule has 6 heteroatoms. The molecule has 1 aliphatic rings. The molecule has 0 bridgehead atoms. The Hall–Kier alpha value is -0.580. The molecule has 1 aromatic carbocycles. The summed E-state index contributed by atoms with van der Waals surface area (Å²) in [4.78, 5) is 24.9. The summed E-state index contributed by atoms with van der Waals surface area (Å²) in [7, 11) is 0. The third-order valence-electron chi connectivity index (χ3n) is 2.32. The summed E-state index contributed by atoms with van der Waals surface area (Å²) in [6.45, 7) is 0.335. The number of nitrogens with zero attached hydrogens (tertiary/aromatic N) is 1. The van der Waals surface area contributed by atoms with Gasteiger partial charge < -0.3 is 0 Å². The lowest BCUT2D eigenvalue weighted by Gasteiger charge is -2.10. The van der Waals surface area contributed by atoms with Crippen LogP contribution in [0.25, 0.3) is 0 Å². The summed E-state index contributed by atoms with van der Waals surface area (Å²) in [5.74, 6) is -0.643. The zero-order chi connectivity index (χ0) is 11.9. The second-order valence-electron chi connectivity index (χ2n) is 3.26. The van der Waals surface area contributed by atoms with Crippen molar-refractivity contribution in [2.75, 3.05) is 11.9 Å². The molecule has 2 rings (SSSR count). The van der Waals surface area contributed by atoms with E-state index >= 15 is 0 Å². The van der Waals surface area contributed by atoms with Crippen molar-refractivity contribution in [2.45, 2.75) is 0 Å². The first-order chi connectivity index (χ1) is 7.56. The Kier molecular flexibility index (Phi) is 3.24. The van der Waals surface area contributed by atoms with Crippen LogP contribution in [0.3, 0.4) is 0 Å². The van der Waals surface area contributed by atoms with E-state index in [-0.39, 0.29) is 21.9 Å². The molecule has 0 aliphatic carbocycles. The SMILES string of the molecule is O=C1c2cc(Cl)c(Cl)cc2C(=O)N1CCBr. The van der Waals surface area contributed by atoms with E-state index in [1.54, 1.807) is 0 Å². The molecule has 0 N–H and O–H groups in total. The largest absolute Gasteiger partial charge is 0.273 e. The lowest BCUT2D eigenvalue weighted by atomic mass is 10.1. The number of hydrogen-bond donors (Lipinski definition) is 0. The maximum Gasteiger partial charge on any atom is 0.261 e. The summed E-state index contributed by atoms with van der Waals surface area (Å²) < 4.78 is 0. The molecule has 0 saturated heterocycles. The van der Waals surface area contributed by atoms with Crippen LogP contribution in [0.15, 0.2) is 12.1 Å². The van der Waals surface area contributed by atoms with Gasteiger partial charge in [-0.25, -0.2) is 0 Å². The first-order valence-corrected chi connectivity index (χ1v) is 6.35. The second kappa shape index (κ2) is 4.35. The maximum atomic E-state index is 11.8. The highest BCUT2D eigenvalue weighted by atomic mass is 79.9. The highest BCUT2D eigenvalue weighted by Gasteiger charge is 2.35. The number of rotatable bonds is 2. The van der Waals surface area contributed by atoms with Crippen molar-refractivity contribution in [3.8, 4) is 0 Å². The van der Waals surface area contributed by atoms with Crippen LogP contribution in [0.4, 0.5) is 0 Å². The lowest BCUT2D eigenvalue weighted by Crippen LogP contribution is -2.31. The molecule has 16 heavy (non-hydrogen) atoms. The van der Waals surface area contributed by atoms with Crippen LogP contribution in [0.1, 0.15) is 20.7 Å². The van der Waals surface area contributed by atoms with E-state index in [9.17, 15) is 9.59 Å². The first kappa shape index (κ1) is 11.9. The van der Waals surface area contributed by atoms with Crippen LogP contribution < -0.4 is 0 Å². The van der Waals surface area contributed by atoms with Gasteiger partial charge in [0.25, 0.3) is 11.8 Å². The van der Waals surface area contributed by atoms with Crippen molar-refractivity contribution in [3.05, 3.63) is 33.3 Å². The number of imide groups is 1. The molecule has 0 saturated carbocycles. The van der Waals surface area contributed by atoms with E-state index in [4.69, 9.17) is 23.2 Å². The smallest absolute Gasteiger partial charge is 0.261 e. The van der Waals surface area contributed by atoms with Gasteiger partial charge in [0.2, 0.25) is 0 Å². The Morgan fingerprint density at radius 1 is 1.06 bits per heavy atom. The van der Waals surface area contributed by atoms with E-state index in [0.29, 0.717) is 23.0 Å². The fourth-order valence-electron chi connectivity index (χ4n) is 1.57. The summed E-state index contributed by atoms with van der Waals surface area (Å²) in [6.07, 6.45) is 0. The highest BCUT2D eigenvalue weighted by Crippen LogP contribution is 2.31. The Morgan fingerprint density at radius 3 is 1.88 bits per heavy atom. The monoisotopic (exact) mass is 321 g/mol. The number of alkyl halides is 1. The summed E-state index contributed by atoms with van der Waals surface area (Å²) in [5, 5.41) is 1.10. The fourth-order valence-corrected chi connectivity index (χ4v) is 2.25. The van der Waals surface area contributed by atoms with Crippen LogP contribution in [0, 0.1) is 0 Å². The molecule has 0 fully saturated rings. The van der Waals surface area contributed by atoms with Crippen LogP contribution in [0.2, 0.25) is 10.0 Å². The number of carbonyl (C=O) groups is 2. The normalized spacial score (nSPS) is 14.6. The maximum absolute atomic E-state index is 11.8. The third-order valence-corrected chi connectivity index (χ3v) is 3.40. The van der Waals surface area contributed by atoms with Gasteiger partial charge in [-0.15, -0.1) is 0 Å². The van der Waals surface area contributed by atoms with Gasteiger partial charge in [0, 0.05) is 11.9 Å². The van der Waals surface area contributed by atoms with Gasteiger partial charge in [0.05, 0.1) is 21.2 Å². The minimum Gasteiger partial charge on any atom is -0.273 e. The molecule has 0 spiro atoms. The highest BCUT2D eigenvalue weighted by molar-refractivity contribution is 9.09. The fraction of sp³-hybridized carbons (Fsp3) is 0.200. The molecule has 0 aromatic heterocycles. The van der Waals surface area contributed by atoms with E-state index in [0.717, 1.165) is 0 Å². The second-order valence-corrected chi connectivity index (χ2v) is 4.87. The van der Waals surface area contributed by atoms with Crippen molar-refractivity contribution in [1.82, 2.24) is 4.90 Å². The zero-order valence-corrected chi connectivity index (χ0v) is 11.1. The molecule has 84 valence electrons. The number of halogens is 3. The van der Waals surface area contributed by atoms with Crippen LogP contribution in [0.5, 0.6) is 0 Å². The number of carbonyl (C=O) groups excluding carboxylic acids is 2. The van der Waals surface area contributed by atoms with Crippen molar-refractivity contribution in [1.29, 1.82) is 0 Å². The van der Waals surface area contributed by atoms with E-state index in [2.05, 4.69) is 15.9 Å². The minimum atomic E-state index is -0.321. The number of hydrogen-bond acceptors (Lipinski definition) is 2. The molecule has 1 heterocycles. The van der Waals surface area contributed by atoms with E-state index in [1.165, 1.54) is 17.0 Å². The first-order valence-electron chi connectivity index (χ1n) is 4.47. The van der Waals surface area contributed by atoms with Gasteiger partial charge in [-0.1, -0.05) is 39.1 Å². The number of benzene rings is 1. The summed E-state index contributed by atoms with van der Waals surface area (Å²) in [6, 6.07) is 2.88. The number of amides is 2. The molecule has 0 atom stereocenters. The minimum absolute atomic E-state index is 0.280. The predicted octanol–water partition coefficient (Wildman–Crippen LogP) is 2.98. The van der Waals surface area contributed by atoms with Crippen molar-refractivity contribution in [2.24, 2.45) is 0 Å². The number of fused-ring (bicyclic) bond motifs is 1. The standard InChI is InChI=1S/C10H6BrCl2NO2/c11-1-2-14-9(15)5-3-7(12)8(13)4-6(5)10(14)16/h3-4H,1-2H2. The van der Waals surface area contributed by atoms with Crippen LogP contribution in [-0.2, 0) is 0 Å².